The van der Waals surface area contributed by atoms with Crippen LogP contribution < -0.4 is 10.6 Å². The van der Waals surface area contributed by atoms with Crippen molar-refractivity contribution in [2.45, 2.75) is 13.3 Å². The highest BCUT2D eigenvalue weighted by atomic mass is 32.1. The van der Waals surface area contributed by atoms with Gasteiger partial charge in [0, 0.05) is 16.8 Å². The van der Waals surface area contributed by atoms with Gasteiger partial charge in [0.05, 0.1) is 24.3 Å². The van der Waals surface area contributed by atoms with Crippen LogP contribution in [0.25, 0.3) is 0 Å². The molecular formula is C20H18FN3O3S. The number of thiazole rings is 1. The van der Waals surface area contributed by atoms with Crippen LogP contribution in [0.5, 0.6) is 0 Å². The summed E-state index contributed by atoms with van der Waals surface area (Å²) < 4.78 is 17.9. The number of carbonyl (C=O) groups excluding carboxylic acids is 2. The van der Waals surface area contributed by atoms with E-state index in [-0.39, 0.29) is 18.1 Å². The van der Waals surface area contributed by atoms with Gasteiger partial charge in [-0.1, -0.05) is 0 Å². The molecule has 8 heteroatoms. The number of hydrogen-bond donors (Lipinski definition) is 2. The SMILES string of the molecule is CCOC(=O)c1ccc(NC(=O)Cc2csc(Nc3ccc(F)cc3)n2)cc1. The van der Waals surface area contributed by atoms with Crippen molar-refractivity contribution in [3.63, 3.8) is 0 Å². The quantitative estimate of drug-likeness (QED) is 0.576. The highest BCUT2D eigenvalue weighted by Crippen LogP contribution is 2.21. The average molecular weight is 399 g/mol. The Kier molecular flexibility index (Phi) is 6.33. The van der Waals surface area contributed by atoms with E-state index in [0.29, 0.717) is 34.4 Å². The Balaban J connectivity index is 1.54. The monoisotopic (exact) mass is 399 g/mol. The molecule has 3 rings (SSSR count). The van der Waals surface area contributed by atoms with Gasteiger partial charge in [-0.2, -0.15) is 0 Å². The van der Waals surface area contributed by atoms with E-state index in [1.54, 1.807) is 48.7 Å². The van der Waals surface area contributed by atoms with Gasteiger partial charge in [-0.15, -0.1) is 11.3 Å². The highest BCUT2D eigenvalue weighted by Gasteiger charge is 2.10. The van der Waals surface area contributed by atoms with E-state index in [9.17, 15) is 14.0 Å². The molecule has 144 valence electrons. The molecule has 0 radical (unpaired) electrons. The number of benzene rings is 2. The molecule has 0 unspecified atom stereocenters. The normalized spacial score (nSPS) is 10.4. The number of esters is 1. The maximum Gasteiger partial charge on any atom is 0.338 e. The molecule has 1 amide bonds. The van der Waals surface area contributed by atoms with Crippen LogP contribution in [0.2, 0.25) is 0 Å². The van der Waals surface area contributed by atoms with Gasteiger partial charge in [-0.25, -0.2) is 14.2 Å². The Morgan fingerprint density at radius 2 is 1.75 bits per heavy atom. The summed E-state index contributed by atoms with van der Waals surface area (Å²) in [6, 6.07) is 12.4. The Morgan fingerprint density at radius 3 is 2.43 bits per heavy atom. The van der Waals surface area contributed by atoms with Crippen molar-refractivity contribution in [3.8, 4) is 0 Å². The van der Waals surface area contributed by atoms with Crippen molar-refractivity contribution in [1.29, 1.82) is 0 Å². The van der Waals surface area contributed by atoms with E-state index >= 15 is 0 Å². The number of ether oxygens (including phenoxy) is 1. The first-order valence-electron chi connectivity index (χ1n) is 8.57. The molecule has 0 bridgehead atoms. The Hall–Kier alpha value is -3.26. The van der Waals surface area contributed by atoms with E-state index in [4.69, 9.17) is 4.74 Å². The molecule has 6 nitrogen and oxygen atoms in total. The number of anilines is 3. The lowest BCUT2D eigenvalue weighted by Crippen LogP contribution is -2.14. The van der Waals surface area contributed by atoms with Crippen LogP contribution >= 0.6 is 11.3 Å². The van der Waals surface area contributed by atoms with Crippen molar-refractivity contribution in [1.82, 2.24) is 4.98 Å². The number of halogens is 1. The van der Waals surface area contributed by atoms with Gasteiger partial charge in [0.2, 0.25) is 5.91 Å². The third-order valence-corrected chi connectivity index (χ3v) is 4.48. The fraction of sp³-hybridized carbons (Fsp3) is 0.150. The summed E-state index contributed by atoms with van der Waals surface area (Å²) in [7, 11) is 0. The van der Waals surface area contributed by atoms with Gasteiger partial charge >= 0.3 is 5.97 Å². The van der Waals surface area contributed by atoms with Crippen LogP contribution in [-0.2, 0) is 16.0 Å². The molecule has 2 N–H and O–H groups in total. The van der Waals surface area contributed by atoms with Crippen molar-refractivity contribution >= 4 is 39.7 Å². The maximum absolute atomic E-state index is 12.9. The molecule has 0 fully saturated rings. The first-order chi connectivity index (χ1) is 13.5. The Labute approximate surface area is 165 Å². The molecule has 0 saturated carbocycles. The molecule has 1 heterocycles. The first-order valence-corrected chi connectivity index (χ1v) is 9.45. The molecule has 0 saturated heterocycles. The van der Waals surface area contributed by atoms with Crippen LogP contribution in [0.3, 0.4) is 0 Å². The third-order valence-electron chi connectivity index (χ3n) is 3.67. The molecule has 1 aromatic heterocycles. The van der Waals surface area contributed by atoms with E-state index in [1.807, 2.05) is 0 Å². The number of nitrogens with one attached hydrogen (secondary N) is 2. The fourth-order valence-electron chi connectivity index (χ4n) is 2.38. The summed E-state index contributed by atoms with van der Waals surface area (Å²) >= 11 is 1.36. The van der Waals surface area contributed by atoms with Gasteiger partial charge in [0.25, 0.3) is 0 Å². The van der Waals surface area contributed by atoms with E-state index < -0.39 is 5.97 Å². The molecule has 0 aliphatic rings. The average Bonchev–Trinajstić information content (AvgIpc) is 3.11. The number of carbonyl (C=O) groups is 2. The summed E-state index contributed by atoms with van der Waals surface area (Å²) in [4.78, 5) is 28.2. The lowest BCUT2D eigenvalue weighted by molar-refractivity contribution is -0.115. The summed E-state index contributed by atoms with van der Waals surface area (Å²) in [5, 5.41) is 8.24. The number of rotatable bonds is 7. The minimum atomic E-state index is -0.399. The second-order valence-corrected chi connectivity index (χ2v) is 6.66. The summed E-state index contributed by atoms with van der Waals surface area (Å²) in [6.45, 7) is 2.05. The first kappa shape index (κ1) is 19.5. The molecule has 3 aromatic rings. The van der Waals surface area contributed by atoms with Crippen LogP contribution in [0.1, 0.15) is 23.0 Å². The van der Waals surface area contributed by atoms with Gasteiger partial charge in [-0.05, 0) is 55.5 Å². The predicted octanol–water partition coefficient (Wildman–Crippen LogP) is 4.38. The zero-order chi connectivity index (χ0) is 19.9. The van der Waals surface area contributed by atoms with Crippen molar-refractivity contribution in [2.24, 2.45) is 0 Å². The maximum atomic E-state index is 12.9. The number of nitrogens with zero attached hydrogens (tertiary/aromatic N) is 1. The van der Waals surface area contributed by atoms with Gasteiger partial charge in [0.15, 0.2) is 5.13 Å². The minimum absolute atomic E-state index is 0.112. The molecular weight excluding hydrogens is 381 g/mol. The zero-order valence-electron chi connectivity index (χ0n) is 15.1. The molecule has 0 aliphatic carbocycles. The lowest BCUT2D eigenvalue weighted by Gasteiger charge is -2.06. The molecule has 0 spiro atoms. The molecule has 2 aromatic carbocycles. The summed E-state index contributed by atoms with van der Waals surface area (Å²) in [5.74, 6) is -0.927. The summed E-state index contributed by atoms with van der Waals surface area (Å²) in [6.07, 6.45) is 0.112. The predicted molar refractivity (Wildman–Crippen MR) is 107 cm³/mol. The van der Waals surface area contributed by atoms with Crippen LogP contribution in [-0.4, -0.2) is 23.5 Å². The minimum Gasteiger partial charge on any atom is -0.462 e. The number of aromatic nitrogens is 1. The van der Waals surface area contributed by atoms with E-state index in [1.165, 1.54) is 23.5 Å². The fourth-order valence-corrected chi connectivity index (χ4v) is 3.11. The second kappa shape index (κ2) is 9.09. The van der Waals surface area contributed by atoms with Crippen molar-refractivity contribution in [2.75, 3.05) is 17.2 Å². The zero-order valence-corrected chi connectivity index (χ0v) is 15.9. The van der Waals surface area contributed by atoms with Gasteiger partial charge in [0.1, 0.15) is 5.82 Å². The summed E-state index contributed by atoms with van der Waals surface area (Å²) in [5.41, 5.74) is 2.34. The van der Waals surface area contributed by atoms with Crippen LogP contribution in [0.4, 0.5) is 20.9 Å². The van der Waals surface area contributed by atoms with E-state index in [2.05, 4.69) is 15.6 Å². The highest BCUT2D eigenvalue weighted by molar-refractivity contribution is 7.13. The Bertz CT molecular complexity index is 956. The number of amides is 1. The van der Waals surface area contributed by atoms with Crippen LogP contribution in [0, 0.1) is 5.82 Å². The third kappa shape index (κ3) is 5.37. The van der Waals surface area contributed by atoms with Crippen molar-refractivity contribution < 1.29 is 18.7 Å². The van der Waals surface area contributed by atoms with E-state index in [0.717, 1.165) is 0 Å². The largest absolute Gasteiger partial charge is 0.462 e. The van der Waals surface area contributed by atoms with Gasteiger partial charge in [-0.3, -0.25) is 4.79 Å². The second-order valence-electron chi connectivity index (χ2n) is 5.80. The molecule has 0 atom stereocenters. The van der Waals surface area contributed by atoms with Crippen molar-refractivity contribution in [3.05, 3.63) is 71.0 Å². The standard InChI is InChI=1S/C20H18FN3O3S/c1-2-27-19(26)13-3-7-15(8-4-13)22-18(25)11-17-12-28-20(24-17)23-16-9-5-14(21)6-10-16/h3-10,12H,2,11H2,1H3,(H,22,25)(H,23,24). The molecule has 0 aliphatic heterocycles. The number of hydrogen-bond acceptors (Lipinski definition) is 6. The Morgan fingerprint density at radius 1 is 1.07 bits per heavy atom. The van der Waals surface area contributed by atoms with Crippen LogP contribution in [0.15, 0.2) is 53.9 Å². The smallest absolute Gasteiger partial charge is 0.338 e. The lowest BCUT2D eigenvalue weighted by atomic mass is 10.2. The molecule has 28 heavy (non-hydrogen) atoms. The topological polar surface area (TPSA) is 80.3 Å². The van der Waals surface area contributed by atoms with Gasteiger partial charge < -0.3 is 15.4 Å².